The number of carbonyl (C=O) groups excluding carboxylic acids is 1. The zero-order valence-corrected chi connectivity index (χ0v) is 14.6. The first kappa shape index (κ1) is 17.0. The van der Waals surface area contributed by atoms with Gasteiger partial charge in [-0.25, -0.2) is 4.79 Å². The molecular weight excluding hydrogens is 318 g/mol. The van der Waals surface area contributed by atoms with Gasteiger partial charge in [-0.2, -0.15) is 0 Å². The molecule has 0 amide bonds. The maximum Gasteiger partial charge on any atom is 0.342 e. The standard InChI is InChI=1S/C20H21NO4/c1-4-24-20(23)18-17-14(12-21(2)3)15(22)10-11-16(17)25-19(18)13-8-6-5-7-9-13/h5-11,22H,4,12H2,1-3H3. The molecule has 0 saturated heterocycles. The molecule has 2 aromatic carbocycles. The summed E-state index contributed by atoms with van der Waals surface area (Å²) in [5.74, 6) is 0.137. The number of fused-ring (bicyclic) bond motifs is 1. The van der Waals surface area contributed by atoms with Gasteiger partial charge in [0.25, 0.3) is 0 Å². The average molecular weight is 339 g/mol. The minimum absolute atomic E-state index is 0.132. The highest BCUT2D eigenvalue weighted by Crippen LogP contribution is 2.39. The predicted molar refractivity (Wildman–Crippen MR) is 96.7 cm³/mol. The lowest BCUT2D eigenvalue weighted by Gasteiger charge is -2.13. The molecule has 0 spiro atoms. The van der Waals surface area contributed by atoms with Crippen LogP contribution < -0.4 is 0 Å². The van der Waals surface area contributed by atoms with E-state index in [0.717, 1.165) is 5.56 Å². The Labute approximate surface area is 146 Å². The molecule has 25 heavy (non-hydrogen) atoms. The van der Waals surface area contributed by atoms with Crippen molar-refractivity contribution >= 4 is 16.9 Å². The van der Waals surface area contributed by atoms with E-state index in [1.165, 1.54) is 0 Å². The molecule has 0 aliphatic carbocycles. The van der Waals surface area contributed by atoms with Gasteiger partial charge in [-0.05, 0) is 33.2 Å². The highest BCUT2D eigenvalue weighted by atomic mass is 16.5. The number of phenols is 1. The number of phenolic OH excluding ortho intramolecular Hbond substituents is 1. The number of ether oxygens (including phenoxy) is 1. The molecule has 5 heteroatoms. The second-order valence-corrected chi connectivity index (χ2v) is 6.07. The van der Waals surface area contributed by atoms with Gasteiger partial charge in [0, 0.05) is 23.1 Å². The predicted octanol–water partition coefficient (Wildman–Crippen LogP) is 4.04. The Hall–Kier alpha value is -2.79. The Kier molecular flexibility index (Phi) is 4.76. The van der Waals surface area contributed by atoms with Crippen LogP contribution in [0.25, 0.3) is 22.3 Å². The average Bonchev–Trinajstić information content (AvgIpc) is 2.98. The molecule has 3 aromatic rings. The molecular formula is C20H21NO4. The van der Waals surface area contributed by atoms with Crippen LogP contribution in [0.4, 0.5) is 0 Å². The van der Waals surface area contributed by atoms with Crippen LogP contribution in [-0.2, 0) is 11.3 Å². The van der Waals surface area contributed by atoms with Crippen molar-refractivity contribution in [2.45, 2.75) is 13.5 Å². The van der Waals surface area contributed by atoms with E-state index in [-0.39, 0.29) is 12.4 Å². The number of nitrogens with zero attached hydrogens (tertiary/aromatic N) is 1. The van der Waals surface area contributed by atoms with Crippen LogP contribution >= 0.6 is 0 Å². The summed E-state index contributed by atoms with van der Waals surface area (Å²) < 4.78 is 11.3. The Morgan fingerprint density at radius 3 is 2.52 bits per heavy atom. The summed E-state index contributed by atoms with van der Waals surface area (Å²) >= 11 is 0. The Bertz CT molecular complexity index is 897. The van der Waals surface area contributed by atoms with Crippen molar-refractivity contribution in [3.63, 3.8) is 0 Å². The molecule has 0 fully saturated rings. The normalized spacial score (nSPS) is 11.2. The topological polar surface area (TPSA) is 62.9 Å². The smallest absolute Gasteiger partial charge is 0.342 e. The van der Waals surface area contributed by atoms with Gasteiger partial charge in [0.2, 0.25) is 0 Å². The number of hydrogen-bond acceptors (Lipinski definition) is 5. The lowest BCUT2D eigenvalue weighted by atomic mass is 10.0. The molecule has 130 valence electrons. The number of rotatable bonds is 5. The van der Waals surface area contributed by atoms with E-state index >= 15 is 0 Å². The number of hydrogen-bond donors (Lipinski definition) is 1. The first-order chi connectivity index (χ1) is 12.0. The Morgan fingerprint density at radius 2 is 1.88 bits per heavy atom. The number of esters is 1. The highest BCUT2D eigenvalue weighted by Gasteiger charge is 2.26. The second kappa shape index (κ2) is 6.99. The van der Waals surface area contributed by atoms with Crippen LogP contribution in [-0.4, -0.2) is 36.7 Å². The van der Waals surface area contributed by atoms with E-state index in [0.29, 0.717) is 34.4 Å². The number of carbonyl (C=O) groups is 1. The molecule has 1 heterocycles. The molecule has 0 bridgehead atoms. The SMILES string of the molecule is CCOC(=O)c1c(-c2ccccc2)oc2ccc(O)c(CN(C)C)c12. The van der Waals surface area contributed by atoms with Gasteiger partial charge in [-0.3, -0.25) is 0 Å². The summed E-state index contributed by atoms with van der Waals surface area (Å²) in [6.07, 6.45) is 0. The molecule has 0 saturated carbocycles. The second-order valence-electron chi connectivity index (χ2n) is 6.07. The first-order valence-corrected chi connectivity index (χ1v) is 8.17. The monoisotopic (exact) mass is 339 g/mol. The number of aromatic hydroxyl groups is 1. The molecule has 5 nitrogen and oxygen atoms in total. The van der Waals surface area contributed by atoms with Crippen molar-refractivity contribution in [1.29, 1.82) is 0 Å². The van der Waals surface area contributed by atoms with Crippen LogP contribution in [0.5, 0.6) is 5.75 Å². The van der Waals surface area contributed by atoms with Crippen LogP contribution in [0.1, 0.15) is 22.8 Å². The van der Waals surface area contributed by atoms with E-state index in [1.54, 1.807) is 19.1 Å². The van der Waals surface area contributed by atoms with Crippen molar-refractivity contribution in [2.24, 2.45) is 0 Å². The van der Waals surface area contributed by atoms with Gasteiger partial charge in [-0.1, -0.05) is 30.3 Å². The minimum atomic E-state index is -0.453. The van der Waals surface area contributed by atoms with Gasteiger partial charge in [-0.15, -0.1) is 0 Å². The molecule has 0 aliphatic heterocycles. The van der Waals surface area contributed by atoms with Gasteiger partial charge in [0.1, 0.15) is 22.7 Å². The van der Waals surface area contributed by atoms with Gasteiger partial charge in [0.15, 0.2) is 0 Å². The number of benzene rings is 2. The van der Waals surface area contributed by atoms with E-state index in [1.807, 2.05) is 49.3 Å². The molecule has 3 rings (SSSR count). The Balaban J connectivity index is 2.34. The van der Waals surface area contributed by atoms with E-state index < -0.39 is 5.97 Å². The van der Waals surface area contributed by atoms with Crippen molar-refractivity contribution in [3.8, 4) is 17.1 Å². The molecule has 0 aliphatic rings. The maximum absolute atomic E-state index is 12.7. The number of furan rings is 1. The van der Waals surface area contributed by atoms with Crippen LogP contribution in [0, 0.1) is 0 Å². The summed E-state index contributed by atoms with van der Waals surface area (Å²) in [4.78, 5) is 14.6. The van der Waals surface area contributed by atoms with Gasteiger partial charge >= 0.3 is 5.97 Å². The quantitative estimate of drug-likeness (QED) is 0.711. The third-order valence-corrected chi connectivity index (χ3v) is 3.93. The summed E-state index contributed by atoms with van der Waals surface area (Å²) in [5, 5.41) is 11.0. The lowest BCUT2D eigenvalue weighted by molar-refractivity contribution is 0.0528. The van der Waals surface area contributed by atoms with Crippen LogP contribution in [0.3, 0.4) is 0 Å². The third-order valence-electron chi connectivity index (χ3n) is 3.93. The summed E-state index contributed by atoms with van der Waals surface area (Å²) in [7, 11) is 3.81. The third kappa shape index (κ3) is 3.23. The fourth-order valence-electron chi connectivity index (χ4n) is 2.92. The summed E-state index contributed by atoms with van der Waals surface area (Å²) in [6.45, 7) is 2.51. The van der Waals surface area contributed by atoms with E-state index in [9.17, 15) is 9.90 Å². The molecule has 1 aromatic heterocycles. The fraction of sp³-hybridized carbons (Fsp3) is 0.250. The highest BCUT2D eigenvalue weighted by molar-refractivity contribution is 6.10. The molecule has 0 atom stereocenters. The molecule has 1 N–H and O–H groups in total. The minimum Gasteiger partial charge on any atom is -0.508 e. The van der Waals surface area contributed by atoms with Crippen molar-refractivity contribution < 1.29 is 19.1 Å². The van der Waals surface area contributed by atoms with E-state index in [2.05, 4.69) is 0 Å². The summed E-state index contributed by atoms with van der Waals surface area (Å²) in [6, 6.07) is 12.7. The first-order valence-electron chi connectivity index (χ1n) is 8.17. The zero-order chi connectivity index (χ0) is 18.0. The van der Waals surface area contributed by atoms with Gasteiger partial charge < -0.3 is 19.2 Å². The van der Waals surface area contributed by atoms with Crippen molar-refractivity contribution in [3.05, 3.63) is 53.6 Å². The van der Waals surface area contributed by atoms with Gasteiger partial charge in [0.05, 0.1) is 6.61 Å². The van der Waals surface area contributed by atoms with Crippen LogP contribution in [0.15, 0.2) is 46.9 Å². The van der Waals surface area contributed by atoms with Crippen LogP contribution in [0.2, 0.25) is 0 Å². The lowest BCUT2D eigenvalue weighted by Crippen LogP contribution is -2.12. The van der Waals surface area contributed by atoms with Crippen molar-refractivity contribution in [1.82, 2.24) is 4.90 Å². The van der Waals surface area contributed by atoms with Crippen molar-refractivity contribution in [2.75, 3.05) is 20.7 Å². The largest absolute Gasteiger partial charge is 0.508 e. The van der Waals surface area contributed by atoms with E-state index in [4.69, 9.17) is 9.15 Å². The molecule has 0 radical (unpaired) electrons. The maximum atomic E-state index is 12.7. The fourth-order valence-corrected chi connectivity index (χ4v) is 2.92. The Morgan fingerprint density at radius 1 is 1.16 bits per heavy atom. The zero-order valence-electron chi connectivity index (χ0n) is 14.6. The summed E-state index contributed by atoms with van der Waals surface area (Å²) in [5.41, 5.74) is 2.35. The molecule has 0 unspecified atom stereocenters.